The average Bonchev–Trinajstić information content (AvgIpc) is 3.89. The molecule has 7 rings (SSSR count). The van der Waals surface area contributed by atoms with Gasteiger partial charge in [-0.05, 0) is 49.8 Å². The van der Waals surface area contributed by atoms with Crippen LogP contribution in [0.25, 0.3) is 5.65 Å². The van der Waals surface area contributed by atoms with E-state index < -0.39 is 0 Å². The van der Waals surface area contributed by atoms with Crippen LogP contribution in [0.3, 0.4) is 0 Å². The first kappa shape index (κ1) is 25.1. The number of carbonyl (C=O) groups is 3. The van der Waals surface area contributed by atoms with E-state index in [0.717, 1.165) is 34.7 Å². The molecule has 5 heterocycles. The fraction of sp³-hybridized carbons (Fsp3) is 0.357. The number of anilines is 3. The number of pyridine rings is 1. The number of carbonyl (C=O) groups excluding carboxylic acids is 3. The summed E-state index contributed by atoms with van der Waals surface area (Å²) >= 11 is 0. The van der Waals surface area contributed by atoms with Gasteiger partial charge in [-0.1, -0.05) is 0 Å². The standard InChI is InChI=1S/C28H28N10O3/c1-15-5-6-29-25(33-15)19-8-20(19)27(40)35-23-9-22(31-14-32-23)30-10-18-12-37-11-17(16-3-4-16)7-21(26(37)34-18)38-13-24(39)36(2)28(38)41/h5-7,9,11-12,14,16,19-20H,3-4,8,10,13H2,1-2H3,(H2,30,31,32,35,40)/t19?,20-/m0/s1. The summed E-state index contributed by atoms with van der Waals surface area (Å²) in [4.78, 5) is 62.4. The number of aryl methyl sites for hydroxylation is 1. The summed E-state index contributed by atoms with van der Waals surface area (Å²) in [6.45, 7) is 2.26. The summed E-state index contributed by atoms with van der Waals surface area (Å²) in [5, 5.41) is 6.12. The largest absolute Gasteiger partial charge is 0.364 e. The lowest BCUT2D eigenvalue weighted by Crippen LogP contribution is -2.30. The van der Waals surface area contributed by atoms with E-state index in [1.165, 1.54) is 18.3 Å². The zero-order valence-corrected chi connectivity index (χ0v) is 22.6. The summed E-state index contributed by atoms with van der Waals surface area (Å²) in [6, 6.07) is 5.14. The Labute approximate surface area is 235 Å². The van der Waals surface area contributed by atoms with Crippen LogP contribution in [0.5, 0.6) is 0 Å². The molecule has 2 saturated carbocycles. The number of likely N-dealkylation sites (N-methyl/N-ethyl adjacent to an activating group) is 1. The van der Waals surface area contributed by atoms with E-state index in [1.54, 1.807) is 12.3 Å². The van der Waals surface area contributed by atoms with Gasteiger partial charge < -0.3 is 15.0 Å². The van der Waals surface area contributed by atoms with Gasteiger partial charge in [-0.3, -0.25) is 19.4 Å². The van der Waals surface area contributed by atoms with Crippen molar-refractivity contribution in [1.29, 1.82) is 0 Å². The minimum atomic E-state index is -0.355. The van der Waals surface area contributed by atoms with Crippen molar-refractivity contribution in [2.45, 2.75) is 44.6 Å². The molecule has 3 aliphatic rings. The quantitative estimate of drug-likeness (QED) is 0.315. The van der Waals surface area contributed by atoms with Crippen LogP contribution in [0.2, 0.25) is 0 Å². The van der Waals surface area contributed by atoms with E-state index in [4.69, 9.17) is 4.98 Å². The van der Waals surface area contributed by atoms with Gasteiger partial charge in [0.15, 0.2) is 5.65 Å². The normalized spacial score (nSPS) is 20.1. The highest BCUT2D eigenvalue weighted by molar-refractivity contribution is 6.13. The van der Waals surface area contributed by atoms with Crippen LogP contribution < -0.4 is 15.5 Å². The van der Waals surface area contributed by atoms with Crippen LogP contribution >= 0.6 is 0 Å². The average molecular weight is 553 g/mol. The molecule has 1 aliphatic heterocycles. The smallest absolute Gasteiger partial charge is 0.331 e. The number of urea groups is 1. The molecule has 0 spiro atoms. The zero-order valence-electron chi connectivity index (χ0n) is 22.6. The lowest BCUT2D eigenvalue weighted by molar-refractivity contribution is -0.124. The summed E-state index contributed by atoms with van der Waals surface area (Å²) in [6.07, 6.45) is 9.98. The van der Waals surface area contributed by atoms with Crippen LogP contribution in [-0.4, -0.2) is 65.7 Å². The topological polar surface area (TPSA) is 151 Å². The second-order valence-electron chi connectivity index (χ2n) is 10.9. The Morgan fingerprint density at radius 2 is 1.90 bits per heavy atom. The van der Waals surface area contributed by atoms with E-state index in [0.29, 0.717) is 47.7 Å². The number of fused-ring (bicyclic) bond motifs is 1. The first-order chi connectivity index (χ1) is 19.8. The van der Waals surface area contributed by atoms with Crippen LogP contribution in [0.1, 0.15) is 53.9 Å². The first-order valence-electron chi connectivity index (χ1n) is 13.6. The number of imide groups is 1. The lowest BCUT2D eigenvalue weighted by atomic mass is 10.1. The van der Waals surface area contributed by atoms with Gasteiger partial charge in [0.1, 0.15) is 30.3 Å². The number of rotatable bonds is 8. The predicted octanol–water partition coefficient (Wildman–Crippen LogP) is 2.85. The van der Waals surface area contributed by atoms with E-state index in [2.05, 4.69) is 30.6 Å². The maximum absolute atomic E-state index is 12.8. The van der Waals surface area contributed by atoms with E-state index >= 15 is 0 Å². The van der Waals surface area contributed by atoms with Crippen molar-refractivity contribution in [3.05, 3.63) is 65.9 Å². The Hall–Kier alpha value is -4.94. The Morgan fingerprint density at radius 1 is 1.07 bits per heavy atom. The maximum atomic E-state index is 12.8. The van der Waals surface area contributed by atoms with E-state index in [9.17, 15) is 14.4 Å². The van der Waals surface area contributed by atoms with Crippen molar-refractivity contribution in [3.8, 4) is 0 Å². The molecule has 13 nitrogen and oxygen atoms in total. The molecule has 13 heteroatoms. The highest BCUT2D eigenvalue weighted by Gasteiger charge is 2.46. The Kier molecular flexibility index (Phi) is 5.87. The number of nitrogens with zero attached hydrogens (tertiary/aromatic N) is 8. The molecule has 1 saturated heterocycles. The molecule has 2 atom stereocenters. The van der Waals surface area contributed by atoms with Gasteiger partial charge in [-0.15, -0.1) is 0 Å². The fourth-order valence-electron chi connectivity index (χ4n) is 5.20. The third-order valence-electron chi connectivity index (χ3n) is 7.77. The molecule has 4 aromatic rings. The predicted molar refractivity (Wildman–Crippen MR) is 148 cm³/mol. The number of imidazole rings is 1. The van der Waals surface area contributed by atoms with Crippen molar-refractivity contribution < 1.29 is 14.4 Å². The van der Waals surface area contributed by atoms with Crippen molar-refractivity contribution >= 4 is 40.8 Å². The monoisotopic (exact) mass is 552 g/mol. The summed E-state index contributed by atoms with van der Waals surface area (Å²) < 4.78 is 1.92. The number of nitrogens with one attached hydrogen (secondary N) is 2. The fourth-order valence-corrected chi connectivity index (χ4v) is 5.20. The molecule has 2 N–H and O–H groups in total. The van der Waals surface area contributed by atoms with Gasteiger partial charge >= 0.3 is 6.03 Å². The number of hydrogen-bond donors (Lipinski definition) is 2. The third kappa shape index (κ3) is 4.83. The molecule has 4 aromatic heterocycles. The van der Waals surface area contributed by atoms with Gasteiger partial charge in [0, 0.05) is 49.2 Å². The molecule has 2 aliphatic carbocycles. The van der Waals surface area contributed by atoms with Crippen molar-refractivity contribution in [3.63, 3.8) is 0 Å². The highest BCUT2D eigenvalue weighted by atomic mass is 16.2. The molecule has 1 unspecified atom stereocenters. The van der Waals surface area contributed by atoms with Gasteiger partial charge in [0.05, 0.1) is 17.9 Å². The second kappa shape index (κ2) is 9.61. The van der Waals surface area contributed by atoms with Crippen molar-refractivity contribution in [2.75, 3.05) is 29.1 Å². The SMILES string of the molecule is Cc1ccnc(C2C[C@@H]2C(=O)Nc2cc(NCc3cn4cc(C5CC5)cc(N5CC(=O)N(C)C5=O)c4n3)ncn2)n1. The Bertz CT molecular complexity index is 1710. The lowest BCUT2D eigenvalue weighted by Gasteiger charge is -2.17. The van der Waals surface area contributed by atoms with Crippen molar-refractivity contribution in [1.82, 2.24) is 34.2 Å². The van der Waals surface area contributed by atoms with Crippen LogP contribution in [-0.2, 0) is 16.1 Å². The van der Waals surface area contributed by atoms with Gasteiger partial charge in [0.2, 0.25) is 11.8 Å². The number of hydrogen-bond acceptors (Lipinski definition) is 9. The number of aromatic nitrogens is 6. The Morgan fingerprint density at radius 3 is 2.66 bits per heavy atom. The van der Waals surface area contributed by atoms with E-state index in [-0.39, 0.29) is 36.2 Å². The van der Waals surface area contributed by atoms with Gasteiger partial charge in [-0.25, -0.2) is 29.7 Å². The molecular formula is C28H28N10O3. The highest BCUT2D eigenvalue weighted by Crippen LogP contribution is 2.46. The minimum Gasteiger partial charge on any atom is -0.364 e. The third-order valence-corrected chi connectivity index (χ3v) is 7.77. The van der Waals surface area contributed by atoms with Crippen LogP contribution in [0.4, 0.5) is 22.1 Å². The van der Waals surface area contributed by atoms with Gasteiger partial charge in [0.25, 0.3) is 0 Å². The number of amides is 4. The molecular weight excluding hydrogens is 524 g/mol. The minimum absolute atomic E-state index is 0.00535. The van der Waals surface area contributed by atoms with Crippen LogP contribution in [0, 0.1) is 12.8 Å². The van der Waals surface area contributed by atoms with Crippen molar-refractivity contribution in [2.24, 2.45) is 5.92 Å². The zero-order chi connectivity index (χ0) is 28.2. The summed E-state index contributed by atoms with van der Waals surface area (Å²) in [5.74, 6) is 1.55. The first-order valence-corrected chi connectivity index (χ1v) is 13.6. The summed E-state index contributed by atoms with van der Waals surface area (Å²) in [5.41, 5.74) is 3.97. The molecule has 4 amide bonds. The van der Waals surface area contributed by atoms with Crippen LogP contribution in [0.15, 0.2) is 43.1 Å². The molecule has 0 aromatic carbocycles. The molecule has 0 bridgehead atoms. The second-order valence-corrected chi connectivity index (χ2v) is 10.9. The molecule has 41 heavy (non-hydrogen) atoms. The molecule has 0 radical (unpaired) electrons. The summed E-state index contributed by atoms with van der Waals surface area (Å²) in [7, 11) is 1.49. The maximum Gasteiger partial charge on any atom is 0.331 e. The Balaban J connectivity index is 1.05. The molecule has 208 valence electrons. The molecule has 3 fully saturated rings. The van der Waals surface area contributed by atoms with E-state index in [1.807, 2.05) is 35.9 Å². The van der Waals surface area contributed by atoms with Gasteiger partial charge in [-0.2, -0.15) is 0 Å².